The normalized spacial score (nSPS) is 17.0. The number of hydrogen-bond acceptors (Lipinski definition) is 7. The minimum Gasteiger partial charge on any atom is -0.507 e. The third-order valence-electron chi connectivity index (χ3n) is 4.69. The van der Waals surface area contributed by atoms with Crippen LogP contribution >= 0.6 is 0 Å². The molecule has 0 radical (unpaired) electrons. The maximum absolute atomic E-state index is 10.4. The van der Waals surface area contributed by atoms with E-state index in [1.165, 1.54) is 0 Å². The zero-order valence-electron chi connectivity index (χ0n) is 15.4. The summed E-state index contributed by atoms with van der Waals surface area (Å²) >= 11 is 0. The Morgan fingerprint density at radius 3 is 2.78 bits per heavy atom. The molecule has 1 aromatic carbocycles. The molecule has 0 unspecified atom stereocenters. The van der Waals surface area contributed by atoms with Crippen LogP contribution in [-0.2, 0) is 0 Å². The summed E-state index contributed by atoms with van der Waals surface area (Å²) in [6.45, 7) is 6.10. The number of aromatic amines is 1. The lowest BCUT2D eigenvalue weighted by molar-refractivity contribution is 0.477. The Labute approximate surface area is 157 Å². The lowest BCUT2D eigenvalue weighted by Gasteiger charge is -2.18. The van der Waals surface area contributed by atoms with Crippen molar-refractivity contribution in [1.82, 2.24) is 30.7 Å². The second-order valence-electron chi connectivity index (χ2n) is 7.12. The van der Waals surface area contributed by atoms with E-state index in [0.717, 1.165) is 30.6 Å². The van der Waals surface area contributed by atoms with Gasteiger partial charge in [-0.15, -0.1) is 10.2 Å². The Bertz CT molecular complexity index is 893. The molecule has 0 bridgehead atoms. The van der Waals surface area contributed by atoms with Crippen molar-refractivity contribution in [1.29, 1.82) is 0 Å². The molecule has 1 saturated heterocycles. The van der Waals surface area contributed by atoms with Crippen LogP contribution < -0.4 is 10.2 Å². The third-order valence-corrected chi connectivity index (χ3v) is 4.69. The smallest absolute Gasteiger partial charge is 0.245 e. The molecule has 1 aliphatic heterocycles. The molecule has 0 spiro atoms. The molecule has 0 amide bonds. The number of hydrogen-bond donors (Lipinski definition) is 3. The van der Waals surface area contributed by atoms with Crippen LogP contribution in [0.5, 0.6) is 5.75 Å². The summed E-state index contributed by atoms with van der Waals surface area (Å²) < 4.78 is 0. The first-order valence-electron chi connectivity index (χ1n) is 9.13. The van der Waals surface area contributed by atoms with Gasteiger partial charge >= 0.3 is 0 Å². The van der Waals surface area contributed by atoms with E-state index in [1.807, 2.05) is 12.1 Å². The monoisotopic (exact) mass is 365 g/mol. The number of phenolic OH excluding ortho intramolecular Hbond substituents is 1. The maximum atomic E-state index is 10.4. The van der Waals surface area contributed by atoms with E-state index in [0.29, 0.717) is 29.3 Å². The molecule has 0 aliphatic carbocycles. The summed E-state index contributed by atoms with van der Waals surface area (Å²) in [5.41, 5.74) is 2.94. The summed E-state index contributed by atoms with van der Waals surface area (Å²) in [5, 5.41) is 29.2. The van der Waals surface area contributed by atoms with Crippen LogP contribution in [-0.4, -0.2) is 55.7 Å². The molecule has 140 valence electrons. The van der Waals surface area contributed by atoms with Gasteiger partial charge in [-0.25, -0.2) is 4.98 Å². The van der Waals surface area contributed by atoms with Gasteiger partial charge in [-0.1, -0.05) is 19.9 Å². The van der Waals surface area contributed by atoms with Gasteiger partial charge in [0.2, 0.25) is 5.95 Å². The molecule has 0 saturated carbocycles. The van der Waals surface area contributed by atoms with Gasteiger partial charge in [0, 0.05) is 42.5 Å². The quantitative estimate of drug-likeness (QED) is 0.637. The van der Waals surface area contributed by atoms with Crippen LogP contribution in [0.4, 0.5) is 5.95 Å². The maximum Gasteiger partial charge on any atom is 0.245 e. The number of benzene rings is 1. The molecule has 3 N–H and O–H groups in total. The molecular weight excluding hydrogens is 342 g/mol. The van der Waals surface area contributed by atoms with Gasteiger partial charge in [-0.2, -0.15) is 5.10 Å². The Morgan fingerprint density at radius 2 is 2.11 bits per heavy atom. The van der Waals surface area contributed by atoms with Gasteiger partial charge in [0.05, 0.1) is 12.4 Å². The zero-order valence-corrected chi connectivity index (χ0v) is 15.4. The van der Waals surface area contributed by atoms with Crippen molar-refractivity contribution in [2.75, 3.05) is 18.0 Å². The zero-order chi connectivity index (χ0) is 18.8. The van der Waals surface area contributed by atoms with Crippen LogP contribution in [0.15, 0.2) is 36.8 Å². The van der Waals surface area contributed by atoms with Gasteiger partial charge in [-0.3, -0.25) is 5.10 Å². The van der Waals surface area contributed by atoms with Crippen molar-refractivity contribution in [3.63, 3.8) is 0 Å². The fourth-order valence-corrected chi connectivity index (χ4v) is 3.42. The summed E-state index contributed by atoms with van der Waals surface area (Å²) in [6, 6.07) is 6.34. The van der Waals surface area contributed by atoms with Crippen molar-refractivity contribution >= 4 is 5.95 Å². The number of aromatic hydroxyl groups is 1. The Kier molecular flexibility index (Phi) is 4.72. The molecule has 1 atom stereocenters. The van der Waals surface area contributed by atoms with Gasteiger partial charge in [-0.05, 0) is 24.1 Å². The Balaban J connectivity index is 1.49. The van der Waals surface area contributed by atoms with Gasteiger partial charge < -0.3 is 15.3 Å². The van der Waals surface area contributed by atoms with E-state index < -0.39 is 0 Å². The number of rotatable bonds is 5. The Morgan fingerprint density at radius 1 is 1.22 bits per heavy atom. The van der Waals surface area contributed by atoms with E-state index in [9.17, 15) is 5.11 Å². The van der Waals surface area contributed by atoms with Crippen molar-refractivity contribution < 1.29 is 5.11 Å². The van der Waals surface area contributed by atoms with Gasteiger partial charge in [0.15, 0.2) is 0 Å². The van der Waals surface area contributed by atoms with E-state index in [2.05, 4.69) is 49.4 Å². The van der Waals surface area contributed by atoms with E-state index in [-0.39, 0.29) is 5.75 Å². The molecule has 1 fully saturated rings. The molecule has 3 heterocycles. The summed E-state index contributed by atoms with van der Waals surface area (Å²) in [6.07, 6.45) is 6.22. The minimum atomic E-state index is 0.139. The molecule has 1 aliphatic rings. The third kappa shape index (κ3) is 3.75. The molecule has 27 heavy (non-hydrogen) atoms. The van der Waals surface area contributed by atoms with E-state index in [1.54, 1.807) is 24.7 Å². The highest BCUT2D eigenvalue weighted by molar-refractivity contribution is 5.73. The average molecular weight is 365 g/mol. The first-order valence-corrected chi connectivity index (χ1v) is 9.13. The van der Waals surface area contributed by atoms with Crippen molar-refractivity contribution in [2.24, 2.45) is 0 Å². The van der Waals surface area contributed by atoms with Crippen molar-refractivity contribution in [3.8, 4) is 28.1 Å². The largest absolute Gasteiger partial charge is 0.507 e. The fourth-order valence-electron chi connectivity index (χ4n) is 3.42. The minimum absolute atomic E-state index is 0.139. The summed E-state index contributed by atoms with van der Waals surface area (Å²) in [4.78, 5) is 6.60. The lowest BCUT2D eigenvalue weighted by atomic mass is 10.0. The number of nitrogens with zero attached hydrogens (tertiary/aromatic N) is 5. The van der Waals surface area contributed by atoms with Crippen LogP contribution in [0.25, 0.3) is 22.4 Å². The lowest BCUT2D eigenvalue weighted by Crippen LogP contribution is -2.37. The van der Waals surface area contributed by atoms with Crippen molar-refractivity contribution in [2.45, 2.75) is 32.4 Å². The Hall–Kier alpha value is -3.00. The molecule has 3 aromatic rings. The number of aromatic nitrogens is 5. The summed E-state index contributed by atoms with van der Waals surface area (Å²) in [5.74, 6) is 0.765. The average Bonchev–Trinajstić information content (AvgIpc) is 3.33. The predicted molar refractivity (Wildman–Crippen MR) is 103 cm³/mol. The summed E-state index contributed by atoms with van der Waals surface area (Å²) in [7, 11) is 0. The molecule has 8 nitrogen and oxygen atoms in total. The molecule has 2 aromatic heterocycles. The first-order chi connectivity index (χ1) is 13.1. The molecule has 8 heteroatoms. The second-order valence-corrected chi connectivity index (χ2v) is 7.12. The highest BCUT2D eigenvalue weighted by atomic mass is 16.3. The van der Waals surface area contributed by atoms with E-state index >= 15 is 0 Å². The predicted octanol–water partition coefficient (Wildman–Crippen LogP) is 2.21. The van der Waals surface area contributed by atoms with Crippen LogP contribution in [0.1, 0.15) is 20.3 Å². The van der Waals surface area contributed by atoms with Crippen LogP contribution in [0.2, 0.25) is 0 Å². The van der Waals surface area contributed by atoms with Crippen LogP contribution in [0.3, 0.4) is 0 Å². The van der Waals surface area contributed by atoms with Gasteiger partial charge in [0.1, 0.15) is 11.4 Å². The van der Waals surface area contributed by atoms with Gasteiger partial charge in [0.25, 0.3) is 0 Å². The molecular formula is C19H23N7O. The number of anilines is 1. The topological polar surface area (TPSA) is 103 Å². The van der Waals surface area contributed by atoms with Crippen LogP contribution in [0, 0.1) is 0 Å². The molecule has 4 rings (SSSR count). The fraction of sp³-hybridized carbons (Fsp3) is 0.368. The first kappa shape index (κ1) is 17.4. The standard InChI is InChI=1S/C19H23N7O/c1-12(2)23-15-5-6-26(11-15)19-20-10-17(24-25-19)16-4-3-13(7-18(16)27)14-8-21-22-9-14/h3-4,7-10,12,15,23,27H,5-6,11H2,1-2H3,(H,21,22)/t15-/m1/s1. The van der Waals surface area contributed by atoms with E-state index in [4.69, 9.17) is 0 Å². The van der Waals surface area contributed by atoms with Crippen molar-refractivity contribution in [3.05, 3.63) is 36.8 Å². The highest BCUT2D eigenvalue weighted by Crippen LogP contribution is 2.32. The second kappa shape index (κ2) is 7.32. The SMILES string of the molecule is CC(C)N[C@@H]1CCN(c2ncc(-c3ccc(-c4cn[nH]c4)cc3O)nn2)C1. The number of H-pyrrole nitrogens is 1. The highest BCUT2D eigenvalue weighted by Gasteiger charge is 2.25. The number of phenols is 1. The number of nitrogens with one attached hydrogen (secondary N) is 2.